The zero-order chi connectivity index (χ0) is 23.1. The summed E-state index contributed by atoms with van der Waals surface area (Å²) in [5, 5.41) is 3.43. The van der Waals surface area contributed by atoms with E-state index in [4.69, 9.17) is 11.6 Å². The molecule has 5 rings (SSSR count). The van der Waals surface area contributed by atoms with E-state index in [0.29, 0.717) is 16.3 Å². The Bertz CT molecular complexity index is 1350. The lowest BCUT2D eigenvalue weighted by Crippen LogP contribution is -2.38. The lowest BCUT2D eigenvalue weighted by molar-refractivity contribution is 0.194. The highest BCUT2D eigenvalue weighted by Gasteiger charge is 2.33. The summed E-state index contributed by atoms with van der Waals surface area (Å²) in [5.41, 5.74) is 4.31. The molecule has 2 heterocycles. The fraction of sp³-hybridized carbons (Fsp3) is 0.115. The summed E-state index contributed by atoms with van der Waals surface area (Å²) in [6, 6.07) is 18.9. The summed E-state index contributed by atoms with van der Waals surface area (Å²) >= 11 is 6.14. The second-order valence-electron chi connectivity index (χ2n) is 8.05. The SMILES string of the molecule is Cc1ccc(Cl)cc1NC(=O)N1Cc2ccccc2-n2cccc2[C@@H]1c1cc(F)cc(F)c1. The molecule has 1 aromatic heterocycles. The predicted molar refractivity (Wildman–Crippen MR) is 125 cm³/mol. The standard InChI is InChI=1S/C26H20ClF2N3O/c1-16-8-9-19(27)13-22(16)30-26(33)32-15-17-5-2-3-6-23(17)31-10-4-7-24(31)25(32)18-11-20(28)14-21(29)12-18/h2-14,25H,15H2,1H3,(H,30,33)/t25-/m0/s1. The fourth-order valence-corrected chi connectivity index (χ4v) is 4.51. The van der Waals surface area contributed by atoms with E-state index >= 15 is 0 Å². The molecule has 0 radical (unpaired) electrons. The first-order valence-corrected chi connectivity index (χ1v) is 10.8. The highest BCUT2D eigenvalue weighted by Crippen LogP contribution is 2.37. The number of halogens is 3. The zero-order valence-electron chi connectivity index (χ0n) is 17.7. The van der Waals surface area contributed by atoms with E-state index in [9.17, 15) is 13.6 Å². The number of benzene rings is 3. The van der Waals surface area contributed by atoms with Crippen LogP contribution in [0.15, 0.2) is 79.0 Å². The Morgan fingerprint density at radius 2 is 1.76 bits per heavy atom. The van der Waals surface area contributed by atoms with Gasteiger partial charge in [-0.3, -0.25) is 0 Å². The quantitative estimate of drug-likeness (QED) is 0.346. The third kappa shape index (κ3) is 3.98. The molecule has 2 amide bonds. The number of hydrogen-bond donors (Lipinski definition) is 1. The van der Waals surface area contributed by atoms with E-state index in [1.54, 1.807) is 17.0 Å². The molecule has 0 saturated carbocycles. The molecule has 1 aliphatic rings. The number of amides is 2. The van der Waals surface area contributed by atoms with Gasteiger partial charge in [0.05, 0.1) is 18.3 Å². The van der Waals surface area contributed by atoms with Crippen LogP contribution in [0.25, 0.3) is 5.69 Å². The minimum atomic E-state index is -0.725. The van der Waals surface area contributed by atoms with Gasteiger partial charge in [-0.1, -0.05) is 35.9 Å². The van der Waals surface area contributed by atoms with Crippen LogP contribution in [0.1, 0.15) is 28.4 Å². The lowest BCUT2D eigenvalue weighted by atomic mass is 10.0. The first-order valence-electron chi connectivity index (χ1n) is 10.5. The summed E-state index contributed by atoms with van der Waals surface area (Å²) < 4.78 is 30.4. The summed E-state index contributed by atoms with van der Waals surface area (Å²) in [6.07, 6.45) is 1.89. The number of nitrogens with one attached hydrogen (secondary N) is 1. The molecule has 0 unspecified atom stereocenters. The molecule has 0 bridgehead atoms. The Balaban J connectivity index is 1.66. The number of carbonyl (C=O) groups excluding carboxylic acids is 1. The molecular weight excluding hydrogens is 444 g/mol. The zero-order valence-corrected chi connectivity index (χ0v) is 18.5. The molecule has 0 spiro atoms. The average Bonchev–Trinajstić information content (AvgIpc) is 3.19. The van der Waals surface area contributed by atoms with Crippen molar-refractivity contribution < 1.29 is 13.6 Å². The fourth-order valence-electron chi connectivity index (χ4n) is 4.34. The maximum absolute atomic E-state index is 14.2. The van der Waals surface area contributed by atoms with Crippen molar-refractivity contribution in [3.63, 3.8) is 0 Å². The molecule has 0 aliphatic carbocycles. The van der Waals surface area contributed by atoms with Gasteiger partial charge < -0.3 is 14.8 Å². The monoisotopic (exact) mass is 463 g/mol. The normalized spacial score (nSPS) is 14.9. The van der Waals surface area contributed by atoms with Crippen molar-refractivity contribution >= 4 is 23.3 Å². The second kappa shape index (κ2) is 8.37. The Labute approximate surface area is 195 Å². The highest BCUT2D eigenvalue weighted by molar-refractivity contribution is 6.31. The number of rotatable bonds is 2. The minimum absolute atomic E-state index is 0.242. The van der Waals surface area contributed by atoms with Crippen molar-refractivity contribution in [3.05, 3.63) is 118 Å². The van der Waals surface area contributed by atoms with Crippen molar-refractivity contribution in [1.29, 1.82) is 0 Å². The maximum Gasteiger partial charge on any atom is 0.322 e. The molecule has 1 N–H and O–H groups in total. The molecule has 0 fully saturated rings. The topological polar surface area (TPSA) is 37.3 Å². The maximum atomic E-state index is 14.2. The Morgan fingerprint density at radius 3 is 2.55 bits per heavy atom. The van der Waals surface area contributed by atoms with E-state index in [1.165, 1.54) is 12.1 Å². The van der Waals surface area contributed by atoms with E-state index in [0.717, 1.165) is 28.6 Å². The van der Waals surface area contributed by atoms with Crippen molar-refractivity contribution in [1.82, 2.24) is 9.47 Å². The van der Waals surface area contributed by atoms with Gasteiger partial charge in [-0.15, -0.1) is 0 Å². The van der Waals surface area contributed by atoms with E-state index in [2.05, 4.69) is 5.32 Å². The average molecular weight is 464 g/mol. The van der Waals surface area contributed by atoms with Crippen LogP contribution in [0.4, 0.5) is 19.3 Å². The second-order valence-corrected chi connectivity index (χ2v) is 8.49. The van der Waals surface area contributed by atoms with Crippen LogP contribution in [-0.2, 0) is 6.54 Å². The summed E-state index contributed by atoms with van der Waals surface area (Å²) in [4.78, 5) is 15.2. The molecule has 33 heavy (non-hydrogen) atoms. The van der Waals surface area contributed by atoms with E-state index < -0.39 is 23.7 Å². The van der Waals surface area contributed by atoms with Crippen molar-refractivity contribution in [3.8, 4) is 5.69 Å². The third-order valence-electron chi connectivity index (χ3n) is 5.87. The number of anilines is 1. The predicted octanol–water partition coefficient (Wildman–Crippen LogP) is 6.85. The Morgan fingerprint density at radius 1 is 1.00 bits per heavy atom. The van der Waals surface area contributed by atoms with Crippen LogP contribution in [0.3, 0.4) is 0 Å². The van der Waals surface area contributed by atoms with Crippen molar-refractivity contribution in [2.24, 2.45) is 0 Å². The number of aromatic nitrogens is 1. The molecule has 4 aromatic rings. The van der Waals surface area contributed by atoms with Gasteiger partial charge in [0.1, 0.15) is 11.6 Å². The number of urea groups is 1. The number of fused-ring (bicyclic) bond motifs is 3. The summed E-state index contributed by atoms with van der Waals surface area (Å²) in [6.45, 7) is 2.11. The van der Waals surface area contributed by atoms with Gasteiger partial charge in [0.25, 0.3) is 0 Å². The summed E-state index contributed by atoms with van der Waals surface area (Å²) in [7, 11) is 0. The van der Waals surface area contributed by atoms with Gasteiger partial charge in [-0.25, -0.2) is 13.6 Å². The number of para-hydroxylation sites is 1. The number of carbonyl (C=O) groups is 1. The minimum Gasteiger partial charge on any atom is -0.318 e. The van der Waals surface area contributed by atoms with Crippen molar-refractivity contribution in [2.45, 2.75) is 19.5 Å². The molecular formula is C26H20ClF2N3O. The highest BCUT2D eigenvalue weighted by atomic mass is 35.5. The molecule has 166 valence electrons. The van der Waals surface area contributed by atoms with Gasteiger partial charge in [-0.05, 0) is 66.1 Å². The molecule has 4 nitrogen and oxygen atoms in total. The number of nitrogens with zero attached hydrogens (tertiary/aromatic N) is 2. The largest absolute Gasteiger partial charge is 0.322 e. The number of hydrogen-bond acceptors (Lipinski definition) is 1. The Hall–Kier alpha value is -3.64. The van der Waals surface area contributed by atoms with E-state index in [1.807, 2.05) is 60.2 Å². The lowest BCUT2D eigenvalue weighted by Gasteiger charge is -2.31. The van der Waals surface area contributed by atoms with Crippen LogP contribution in [0.5, 0.6) is 0 Å². The molecule has 7 heteroatoms. The van der Waals surface area contributed by atoms with Gasteiger partial charge in [0.2, 0.25) is 0 Å². The molecule has 0 saturated heterocycles. The molecule has 1 aliphatic heterocycles. The van der Waals surface area contributed by atoms with Crippen molar-refractivity contribution in [2.75, 3.05) is 5.32 Å². The van der Waals surface area contributed by atoms with Gasteiger partial charge in [0.15, 0.2) is 0 Å². The van der Waals surface area contributed by atoms with Crippen LogP contribution in [0.2, 0.25) is 5.02 Å². The van der Waals surface area contributed by atoms with Gasteiger partial charge >= 0.3 is 6.03 Å². The molecule has 3 aromatic carbocycles. The van der Waals surface area contributed by atoms with Gasteiger partial charge in [0, 0.05) is 28.7 Å². The van der Waals surface area contributed by atoms with E-state index in [-0.39, 0.29) is 6.54 Å². The van der Waals surface area contributed by atoms with Gasteiger partial charge in [-0.2, -0.15) is 0 Å². The first kappa shape index (κ1) is 21.2. The Kier molecular flexibility index (Phi) is 5.38. The number of aryl methyl sites for hydroxylation is 1. The molecule has 1 atom stereocenters. The smallest absolute Gasteiger partial charge is 0.318 e. The summed E-state index contributed by atoms with van der Waals surface area (Å²) in [5.74, 6) is -1.40. The van der Waals surface area contributed by atoms with Crippen LogP contribution in [-0.4, -0.2) is 15.5 Å². The van der Waals surface area contributed by atoms with Crippen LogP contribution >= 0.6 is 11.6 Å². The van der Waals surface area contributed by atoms with Crippen LogP contribution < -0.4 is 5.32 Å². The third-order valence-corrected chi connectivity index (χ3v) is 6.10. The first-order chi connectivity index (χ1) is 15.9. The van der Waals surface area contributed by atoms with Crippen LogP contribution in [0, 0.1) is 18.6 Å².